The molecule has 0 radical (unpaired) electrons. The smallest absolute Gasteiger partial charge is 0.265 e. The Morgan fingerprint density at radius 2 is 2.50 bits per heavy atom. The zero-order valence-corrected chi connectivity index (χ0v) is 9.07. The summed E-state index contributed by atoms with van der Waals surface area (Å²) in [5.41, 5.74) is 0.325. The van der Waals surface area contributed by atoms with E-state index in [1.807, 2.05) is 17.5 Å². The molecule has 1 atom stereocenters. The van der Waals surface area contributed by atoms with Gasteiger partial charge in [0.15, 0.2) is 6.23 Å². The van der Waals surface area contributed by atoms with Gasteiger partial charge in [0.2, 0.25) is 5.95 Å². The van der Waals surface area contributed by atoms with Crippen LogP contribution in [0.3, 0.4) is 0 Å². The maximum atomic E-state index is 12.1. The van der Waals surface area contributed by atoms with E-state index in [1.54, 1.807) is 6.20 Å². The predicted molar refractivity (Wildman–Crippen MR) is 61.6 cm³/mol. The van der Waals surface area contributed by atoms with Crippen LogP contribution in [0.4, 0.5) is 5.95 Å². The van der Waals surface area contributed by atoms with Crippen molar-refractivity contribution < 1.29 is 5.11 Å². The van der Waals surface area contributed by atoms with E-state index in [0.717, 1.165) is 4.88 Å². The van der Waals surface area contributed by atoms with Gasteiger partial charge in [0.05, 0.1) is 12.1 Å². The minimum absolute atomic E-state index is 0.204. The van der Waals surface area contributed by atoms with E-state index in [4.69, 9.17) is 0 Å². The second-order valence-electron chi connectivity index (χ2n) is 3.51. The number of nitrogens with one attached hydrogen (secondary N) is 1. The van der Waals surface area contributed by atoms with E-state index in [1.165, 1.54) is 15.9 Å². The number of aliphatic hydroxyl groups is 1. The molecule has 16 heavy (non-hydrogen) atoms. The molecular formula is C10H9N3O2S. The quantitative estimate of drug-likeness (QED) is 0.770. The normalized spacial score (nSPS) is 18.2. The Bertz CT molecular complexity index is 576. The van der Waals surface area contributed by atoms with Crippen molar-refractivity contribution in [2.75, 3.05) is 11.9 Å². The average molecular weight is 235 g/mol. The van der Waals surface area contributed by atoms with Gasteiger partial charge >= 0.3 is 0 Å². The fourth-order valence-corrected chi connectivity index (χ4v) is 2.48. The predicted octanol–water partition coefficient (Wildman–Crippen LogP) is 0.888. The van der Waals surface area contributed by atoms with Crippen LogP contribution in [-0.2, 0) is 0 Å². The largest absolute Gasteiger partial charge is 0.371 e. The number of fused-ring (bicyclic) bond motifs is 1. The van der Waals surface area contributed by atoms with Gasteiger partial charge in [-0.05, 0) is 11.4 Å². The molecule has 5 nitrogen and oxygen atoms in total. The van der Waals surface area contributed by atoms with Crippen molar-refractivity contribution in [2.45, 2.75) is 6.23 Å². The van der Waals surface area contributed by atoms with E-state index in [-0.39, 0.29) is 5.56 Å². The minimum atomic E-state index is -0.824. The maximum absolute atomic E-state index is 12.1. The molecule has 0 fully saturated rings. The summed E-state index contributed by atoms with van der Waals surface area (Å²) < 4.78 is 1.29. The maximum Gasteiger partial charge on any atom is 0.265 e. The van der Waals surface area contributed by atoms with Crippen molar-refractivity contribution in [3.05, 3.63) is 34.1 Å². The van der Waals surface area contributed by atoms with Gasteiger partial charge in [-0.25, -0.2) is 9.55 Å². The Hall–Kier alpha value is -1.66. The molecule has 0 aliphatic carbocycles. The first-order chi connectivity index (χ1) is 7.77. The third-order valence-corrected chi connectivity index (χ3v) is 3.42. The van der Waals surface area contributed by atoms with E-state index < -0.39 is 6.23 Å². The van der Waals surface area contributed by atoms with Gasteiger partial charge in [-0.15, -0.1) is 11.3 Å². The molecule has 0 spiro atoms. The molecule has 2 aromatic heterocycles. The molecule has 3 heterocycles. The van der Waals surface area contributed by atoms with Crippen molar-refractivity contribution in [1.29, 1.82) is 0 Å². The Kier molecular flexibility index (Phi) is 2.05. The van der Waals surface area contributed by atoms with Gasteiger partial charge < -0.3 is 10.4 Å². The van der Waals surface area contributed by atoms with Gasteiger partial charge in [-0.2, -0.15) is 0 Å². The molecule has 0 aromatic carbocycles. The molecule has 0 saturated carbocycles. The van der Waals surface area contributed by atoms with Gasteiger partial charge in [0.1, 0.15) is 0 Å². The third-order valence-electron chi connectivity index (χ3n) is 2.52. The van der Waals surface area contributed by atoms with Crippen LogP contribution in [0, 0.1) is 0 Å². The zero-order chi connectivity index (χ0) is 11.1. The zero-order valence-electron chi connectivity index (χ0n) is 8.25. The fraction of sp³-hybridized carbons (Fsp3) is 0.200. The van der Waals surface area contributed by atoms with Crippen molar-refractivity contribution in [2.24, 2.45) is 0 Å². The molecule has 3 rings (SSSR count). The Morgan fingerprint density at radius 3 is 3.25 bits per heavy atom. The lowest BCUT2D eigenvalue weighted by Gasteiger charge is -2.06. The number of rotatable bonds is 1. The molecular weight excluding hydrogens is 226 g/mol. The van der Waals surface area contributed by atoms with Crippen LogP contribution >= 0.6 is 11.3 Å². The highest BCUT2D eigenvalue weighted by molar-refractivity contribution is 7.13. The van der Waals surface area contributed by atoms with Crippen molar-refractivity contribution in [3.8, 4) is 10.4 Å². The molecule has 2 N–H and O–H groups in total. The number of aliphatic hydroxyl groups excluding tert-OH is 1. The summed E-state index contributed by atoms with van der Waals surface area (Å²) in [5.74, 6) is 0.429. The van der Waals surface area contributed by atoms with E-state index in [2.05, 4.69) is 10.3 Å². The van der Waals surface area contributed by atoms with Gasteiger partial charge in [0.25, 0.3) is 5.56 Å². The average Bonchev–Trinajstić information content (AvgIpc) is 2.89. The van der Waals surface area contributed by atoms with E-state index in [9.17, 15) is 9.90 Å². The first-order valence-corrected chi connectivity index (χ1v) is 5.72. The highest BCUT2D eigenvalue weighted by Crippen LogP contribution is 2.23. The number of anilines is 1. The molecule has 0 amide bonds. The summed E-state index contributed by atoms with van der Waals surface area (Å²) in [6.07, 6.45) is 0.723. The molecule has 1 aliphatic heterocycles. The van der Waals surface area contributed by atoms with Crippen LogP contribution in [0.1, 0.15) is 6.23 Å². The number of aromatic nitrogens is 2. The molecule has 6 heteroatoms. The summed E-state index contributed by atoms with van der Waals surface area (Å²) in [4.78, 5) is 17.1. The van der Waals surface area contributed by atoms with Crippen LogP contribution in [0.25, 0.3) is 10.4 Å². The second kappa shape index (κ2) is 3.43. The highest BCUT2D eigenvalue weighted by Gasteiger charge is 2.23. The minimum Gasteiger partial charge on any atom is -0.371 e. The van der Waals surface area contributed by atoms with Gasteiger partial charge in [-0.1, -0.05) is 6.07 Å². The van der Waals surface area contributed by atoms with Crippen LogP contribution in [0.2, 0.25) is 0 Å². The van der Waals surface area contributed by atoms with Crippen LogP contribution < -0.4 is 10.9 Å². The topological polar surface area (TPSA) is 67.2 Å². The summed E-state index contributed by atoms with van der Waals surface area (Å²) >= 11 is 1.48. The molecule has 0 saturated heterocycles. The first-order valence-electron chi connectivity index (χ1n) is 4.85. The third kappa shape index (κ3) is 1.27. The van der Waals surface area contributed by atoms with Crippen molar-refractivity contribution in [1.82, 2.24) is 9.55 Å². The van der Waals surface area contributed by atoms with Crippen LogP contribution in [0.15, 0.2) is 28.5 Å². The number of hydrogen-bond donors (Lipinski definition) is 2. The lowest BCUT2D eigenvalue weighted by Crippen LogP contribution is -2.23. The lowest BCUT2D eigenvalue weighted by molar-refractivity contribution is 0.128. The van der Waals surface area contributed by atoms with E-state index >= 15 is 0 Å². The molecule has 1 unspecified atom stereocenters. The van der Waals surface area contributed by atoms with Crippen molar-refractivity contribution >= 4 is 17.3 Å². The lowest BCUT2D eigenvalue weighted by atomic mass is 10.3. The van der Waals surface area contributed by atoms with E-state index in [0.29, 0.717) is 18.1 Å². The van der Waals surface area contributed by atoms with Gasteiger partial charge in [0, 0.05) is 11.1 Å². The highest BCUT2D eigenvalue weighted by atomic mass is 32.1. The summed E-state index contributed by atoms with van der Waals surface area (Å²) in [6.45, 7) is 0.329. The number of thiophene rings is 1. The molecule has 0 bridgehead atoms. The molecule has 1 aliphatic rings. The summed E-state index contributed by atoms with van der Waals surface area (Å²) in [7, 11) is 0. The Labute approximate surface area is 95.0 Å². The summed E-state index contributed by atoms with van der Waals surface area (Å²) in [5, 5.41) is 14.4. The van der Waals surface area contributed by atoms with Crippen LogP contribution in [-0.4, -0.2) is 21.2 Å². The SMILES string of the molecule is O=c1c(-c2cccs2)cnc2n1C(O)CN2. The van der Waals surface area contributed by atoms with Gasteiger partial charge in [-0.3, -0.25) is 4.79 Å². The molecule has 82 valence electrons. The summed E-state index contributed by atoms with van der Waals surface area (Å²) in [6, 6.07) is 3.75. The first kappa shape index (κ1) is 9.56. The second-order valence-corrected chi connectivity index (χ2v) is 4.46. The fourth-order valence-electron chi connectivity index (χ4n) is 1.75. The Morgan fingerprint density at radius 1 is 1.62 bits per heavy atom. The standard InChI is InChI=1S/C10H9N3O2S/c14-8-5-12-10-11-4-6(9(15)13(8)10)7-2-1-3-16-7/h1-4,8,14H,5H2,(H,11,12). The van der Waals surface area contributed by atoms with Crippen molar-refractivity contribution in [3.63, 3.8) is 0 Å². The van der Waals surface area contributed by atoms with Crippen LogP contribution in [0.5, 0.6) is 0 Å². The number of hydrogen-bond acceptors (Lipinski definition) is 5. The molecule has 2 aromatic rings. The number of β-amino-alcohol motifs (C(OH)–C–C–N with tert-alkyl or cyclic N) is 1. The number of nitrogens with zero attached hydrogens (tertiary/aromatic N) is 2. The monoisotopic (exact) mass is 235 g/mol. The Balaban J connectivity index is 2.24.